The maximum absolute atomic E-state index is 12.1. The number of carbonyl (C=O) groups excluding carboxylic acids is 1. The Morgan fingerprint density at radius 2 is 2.00 bits per heavy atom. The molecule has 0 fully saturated rings. The highest BCUT2D eigenvalue weighted by molar-refractivity contribution is 7.98. The fourth-order valence-electron chi connectivity index (χ4n) is 2.46. The van der Waals surface area contributed by atoms with Gasteiger partial charge in [-0.3, -0.25) is 9.48 Å². The van der Waals surface area contributed by atoms with E-state index in [0.717, 1.165) is 22.2 Å². The van der Waals surface area contributed by atoms with Gasteiger partial charge in [-0.25, -0.2) is 0 Å². The summed E-state index contributed by atoms with van der Waals surface area (Å²) in [5, 5.41) is 16.3. The first kappa shape index (κ1) is 17.2. The van der Waals surface area contributed by atoms with Crippen LogP contribution in [0.2, 0.25) is 0 Å². The van der Waals surface area contributed by atoms with Crippen molar-refractivity contribution in [2.24, 2.45) is 0 Å². The van der Waals surface area contributed by atoms with Gasteiger partial charge in [0.05, 0.1) is 13.1 Å². The Kier molecular flexibility index (Phi) is 5.49. The zero-order valence-corrected chi connectivity index (χ0v) is 15.0. The molecule has 0 aliphatic carbocycles. The first-order valence-electron chi connectivity index (χ1n) is 7.92. The van der Waals surface area contributed by atoms with E-state index in [2.05, 4.69) is 32.7 Å². The number of nitrogens with zero attached hydrogens (tertiary/aromatic N) is 5. The van der Waals surface area contributed by atoms with Gasteiger partial charge >= 0.3 is 0 Å². The predicted molar refractivity (Wildman–Crippen MR) is 96.2 cm³/mol. The van der Waals surface area contributed by atoms with E-state index in [1.165, 1.54) is 11.8 Å². The van der Waals surface area contributed by atoms with Crippen LogP contribution in [0.4, 0.5) is 0 Å². The summed E-state index contributed by atoms with van der Waals surface area (Å²) in [6.07, 6.45) is 3.65. The molecule has 1 amide bonds. The zero-order valence-electron chi connectivity index (χ0n) is 14.2. The Labute approximate surface area is 150 Å². The topological polar surface area (TPSA) is 77.6 Å². The molecule has 1 aromatic carbocycles. The van der Waals surface area contributed by atoms with Crippen LogP contribution in [0.25, 0.3) is 0 Å². The van der Waals surface area contributed by atoms with Crippen LogP contribution in [0.1, 0.15) is 17.1 Å². The molecular formula is C17H20N6OS. The molecule has 130 valence electrons. The molecule has 0 aliphatic heterocycles. The maximum atomic E-state index is 12.1. The van der Waals surface area contributed by atoms with Crippen molar-refractivity contribution in [3.05, 3.63) is 59.7 Å². The van der Waals surface area contributed by atoms with Crippen LogP contribution in [0.15, 0.2) is 47.8 Å². The average Bonchev–Trinajstić information content (AvgIpc) is 3.20. The lowest BCUT2D eigenvalue weighted by Gasteiger charge is -2.10. The third kappa shape index (κ3) is 4.27. The number of amides is 1. The summed E-state index contributed by atoms with van der Waals surface area (Å²) in [5.74, 6) is 0.630. The molecule has 0 spiro atoms. The summed E-state index contributed by atoms with van der Waals surface area (Å²) < 4.78 is 3.69. The van der Waals surface area contributed by atoms with Gasteiger partial charge in [0.15, 0.2) is 11.0 Å². The predicted octanol–water partition coefficient (Wildman–Crippen LogP) is 1.87. The Bertz CT molecular complexity index is 842. The first-order chi connectivity index (χ1) is 12.2. The monoisotopic (exact) mass is 356 g/mol. The molecule has 25 heavy (non-hydrogen) atoms. The van der Waals surface area contributed by atoms with E-state index in [4.69, 9.17) is 0 Å². The molecule has 8 heteroatoms. The summed E-state index contributed by atoms with van der Waals surface area (Å²) in [7, 11) is 0. The third-order valence-electron chi connectivity index (χ3n) is 3.83. The lowest BCUT2D eigenvalue weighted by molar-refractivity contribution is -0.122. The van der Waals surface area contributed by atoms with Gasteiger partial charge in [0.25, 0.3) is 0 Å². The van der Waals surface area contributed by atoms with Crippen LogP contribution in [0.3, 0.4) is 0 Å². The van der Waals surface area contributed by atoms with Crippen LogP contribution in [-0.4, -0.2) is 36.7 Å². The second-order valence-corrected chi connectivity index (χ2v) is 6.36. The van der Waals surface area contributed by atoms with Gasteiger partial charge in [-0.15, -0.1) is 10.2 Å². The van der Waals surface area contributed by atoms with Crippen molar-refractivity contribution < 1.29 is 4.79 Å². The fourth-order valence-corrected chi connectivity index (χ4v) is 2.97. The van der Waals surface area contributed by atoms with Crippen LogP contribution >= 0.6 is 11.8 Å². The number of aryl methyl sites for hydroxylation is 1. The molecule has 2 aromatic heterocycles. The van der Waals surface area contributed by atoms with Gasteiger partial charge in [0.2, 0.25) is 5.91 Å². The molecule has 0 saturated carbocycles. The lowest BCUT2D eigenvalue weighted by atomic mass is 10.2. The van der Waals surface area contributed by atoms with Gasteiger partial charge < -0.3 is 9.88 Å². The second kappa shape index (κ2) is 7.98. The standard InChI is InChI=1S/C17H20N6OS/c1-13-8-9-19-23(13)12-16(24)18-10-15-20-21-17(25-2)22(15)11-14-6-4-3-5-7-14/h3-9H,10-12H2,1-2H3,(H,18,24). The molecule has 0 radical (unpaired) electrons. The molecule has 7 nitrogen and oxygen atoms in total. The molecule has 3 aromatic rings. The second-order valence-electron chi connectivity index (χ2n) is 5.58. The van der Waals surface area contributed by atoms with Gasteiger partial charge in [-0.1, -0.05) is 42.1 Å². The van der Waals surface area contributed by atoms with E-state index in [0.29, 0.717) is 13.1 Å². The van der Waals surface area contributed by atoms with E-state index in [1.54, 1.807) is 10.9 Å². The Hall–Kier alpha value is -2.61. The summed E-state index contributed by atoms with van der Waals surface area (Å²) in [4.78, 5) is 12.1. The van der Waals surface area contributed by atoms with E-state index < -0.39 is 0 Å². The van der Waals surface area contributed by atoms with E-state index in [9.17, 15) is 4.79 Å². The van der Waals surface area contributed by atoms with Crippen LogP contribution in [-0.2, 0) is 24.4 Å². The highest BCUT2D eigenvalue weighted by Crippen LogP contribution is 2.16. The molecule has 3 rings (SSSR count). The molecule has 0 aliphatic rings. The number of rotatable bonds is 7. The van der Waals surface area contributed by atoms with Crippen molar-refractivity contribution in [2.75, 3.05) is 6.26 Å². The van der Waals surface area contributed by atoms with Crippen molar-refractivity contribution >= 4 is 17.7 Å². The van der Waals surface area contributed by atoms with Crippen molar-refractivity contribution in [1.82, 2.24) is 29.9 Å². The Balaban J connectivity index is 1.67. The van der Waals surface area contributed by atoms with Crippen molar-refractivity contribution in [1.29, 1.82) is 0 Å². The fraction of sp³-hybridized carbons (Fsp3) is 0.294. The minimum atomic E-state index is -0.105. The molecule has 2 heterocycles. The highest BCUT2D eigenvalue weighted by atomic mass is 32.2. The van der Waals surface area contributed by atoms with Crippen molar-refractivity contribution in [3.63, 3.8) is 0 Å². The molecule has 1 N–H and O–H groups in total. The number of benzene rings is 1. The molecule has 0 atom stereocenters. The minimum absolute atomic E-state index is 0.105. The van der Waals surface area contributed by atoms with Crippen molar-refractivity contribution in [3.8, 4) is 0 Å². The van der Waals surface area contributed by atoms with E-state index in [-0.39, 0.29) is 12.5 Å². The number of thioether (sulfide) groups is 1. The quantitative estimate of drug-likeness (QED) is 0.654. The van der Waals surface area contributed by atoms with Gasteiger partial charge in [0, 0.05) is 11.9 Å². The number of nitrogens with one attached hydrogen (secondary N) is 1. The Morgan fingerprint density at radius 3 is 2.68 bits per heavy atom. The number of carbonyl (C=O) groups is 1. The molecule has 0 bridgehead atoms. The largest absolute Gasteiger partial charge is 0.347 e. The maximum Gasteiger partial charge on any atom is 0.242 e. The van der Waals surface area contributed by atoms with E-state index in [1.807, 2.05) is 42.0 Å². The average molecular weight is 356 g/mol. The van der Waals surface area contributed by atoms with Gasteiger partial charge in [-0.2, -0.15) is 5.10 Å². The molecule has 0 unspecified atom stereocenters. The normalized spacial score (nSPS) is 10.8. The minimum Gasteiger partial charge on any atom is -0.347 e. The van der Waals surface area contributed by atoms with E-state index >= 15 is 0 Å². The van der Waals surface area contributed by atoms with Crippen LogP contribution in [0.5, 0.6) is 0 Å². The number of aromatic nitrogens is 5. The SMILES string of the molecule is CSc1nnc(CNC(=O)Cn2nccc2C)n1Cc1ccccc1. The summed E-state index contributed by atoms with van der Waals surface area (Å²) in [5.41, 5.74) is 2.12. The van der Waals surface area contributed by atoms with Gasteiger partial charge in [-0.05, 0) is 24.8 Å². The molecular weight excluding hydrogens is 336 g/mol. The molecule has 0 saturated heterocycles. The number of hydrogen-bond acceptors (Lipinski definition) is 5. The smallest absolute Gasteiger partial charge is 0.242 e. The summed E-state index contributed by atoms with van der Waals surface area (Å²) in [6, 6.07) is 12.0. The lowest BCUT2D eigenvalue weighted by Crippen LogP contribution is -2.29. The third-order valence-corrected chi connectivity index (χ3v) is 4.49. The number of hydrogen-bond donors (Lipinski definition) is 1. The first-order valence-corrected chi connectivity index (χ1v) is 9.15. The zero-order chi connectivity index (χ0) is 17.6. The van der Waals surface area contributed by atoms with Crippen molar-refractivity contribution in [2.45, 2.75) is 31.7 Å². The highest BCUT2D eigenvalue weighted by Gasteiger charge is 2.13. The summed E-state index contributed by atoms with van der Waals surface area (Å²) >= 11 is 1.54. The van der Waals surface area contributed by atoms with Crippen LogP contribution in [0, 0.1) is 6.92 Å². The van der Waals surface area contributed by atoms with Gasteiger partial charge in [0.1, 0.15) is 6.54 Å². The van der Waals surface area contributed by atoms with Crippen LogP contribution < -0.4 is 5.32 Å². The summed E-state index contributed by atoms with van der Waals surface area (Å²) in [6.45, 7) is 3.12. The Morgan fingerprint density at radius 1 is 1.20 bits per heavy atom.